The van der Waals surface area contributed by atoms with Crippen LogP contribution in [0.2, 0.25) is 0 Å². The number of Topliss-reactive ketones (excluding diaryl/α,β-unsaturated/α-hetero) is 1. The van der Waals surface area contributed by atoms with Gasteiger partial charge in [0.2, 0.25) is 0 Å². The highest BCUT2D eigenvalue weighted by Crippen LogP contribution is 2.59. The summed E-state index contributed by atoms with van der Waals surface area (Å²) in [4.78, 5) is 13.6. The lowest BCUT2D eigenvalue weighted by Crippen LogP contribution is -3.06. The largest absolute Gasteiger partial charge is 0.339 e. The van der Waals surface area contributed by atoms with E-state index in [0.717, 1.165) is 13.0 Å². The molecule has 0 heterocycles. The number of quaternary nitrogens is 1. The third kappa shape index (κ3) is 1.45. The van der Waals surface area contributed by atoms with E-state index in [0.29, 0.717) is 34.9 Å². The van der Waals surface area contributed by atoms with Gasteiger partial charge in [-0.2, -0.15) is 0 Å². The van der Waals surface area contributed by atoms with Gasteiger partial charge in [-0.15, -0.1) is 0 Å². The zero-order valence-corrected chi connectivity index (χ0v) is 10.6. The molecule has 2 fully saturated rings. The Morgan fingerprint density at radius 1 is 1.40 bits per heavy atom. The Hall–Kier alpha value is -0.370. The molecule has 0 saturated heterocycles. The first-order chi connectivity index (χ1) is 6.85. The number of fused-ring (bicyclic) bond motifs is 2. The second-order valence-electron chi connectivity index (χ2n) is 6.48. The molecule has 2 heteroatoms. The van der Waals surface area contributed by atoms with E-state index in [1.165, 1.54) is 4.90 Å². The second kappa shape index (κ2) is 3.31. The summed E-state index contributed by atoms with van der Waals surface area (Å²) in [6.45, 7) is 8.00. The van der Waals surface area contributed by atoms with Crippen molar-refractivity contribution >= 4 is 5.78 Å². The van der Waals surface area contributed by atoms with Crippen molar-refractivity contribution in [2.45, 2.75) is 27.2 Å². The maximum absolute atomic E-state index is 12.2. The van der Waals surface area contributed by atoms with E-state index in [1.54, 1.807) is 0 Å². The van der Waals surface area contributed by atoms with Crippen LogP contribution in [0.15, 0.2) is 0 Å². The summed E-state index contributed by atoms with van der Waals surface area (Å²) in [5.74, 6) is 2.50. The molecule has 86 valence electrons. The summed E-state index contributed by atoms with van der Waals surface area (Å²) in [7, 11) is 4.30. The highest BCUT2D eigenvalue weighted by Gasteiger charge is 2.60. The Labute approximate surface area is 93.0 Å². The molecule has 2 aliphatic rings. The van der Waals surface area contributed by atoms with Gasteiger partial charge in [0.1, 0.15) is 5.78 Å². The lowest BCUT2D eigenvalue weighted by atomic mass is 9.65. The third-order valence-corrected chi connectivity index (χ3v) is 5.09. The smallest absolute Gasteiger partial charge is 0.145 e. The molecule has 0 aromatic carbocycles. The van der Waals surface area contributed by atoms with Gasteiger partial charge in [0.05, 0.1) is 26.6 Å². The van der Waals surface area contributed by atoms with Gasteiger partial charge in [0, 0.05) is 5.92 Å². The fourth-order valence-corrected chi connectivity index (χ4v) is 3.84. The quantitative estimate of drug-likeness (QED) is 0.709. The first-order valence-corrected chi connectivity index (χ1v) is 6.18. The molecule has 2 nitrogen and oxygen atoms in total. The molecule has 2 bridgehead atoms. The van der Waals surface area contributed by atoms with Crippen LogP contribution in [0.4, 0.5) is 0 Å². The summed E-state index contributed by atoms with van der Waals surface area (Å²) in [6.07, 6.45) is 1.16. The van der Waals surface area contributed by atoms with Gasteiger partial charge in [0.15, 0.2) is 0 Å². The van der Waals surface area contributed by atoms with Gasteiger partial charge in [-0.05, 0) is 23.7 Å². The SMILES string of the molecule is C[C@@H]1[C@@H]2C[C@@H]([C@@H](C[NH+](C)C)C2=O)C1(C)C. The van der Waals surface area contributed by atoms with Crippen LogP contribution in [-0.4, -0.2) is 26.4 Å². The first-order valence-electron chi connectivity index (χ1n) is 6.18. The molecular formula is C13H24NO+. The molecule has 2 aliphatic carbocycles. The van der Waals surface area contributed by atoms with Crippen LogP contribution in [0.5, 0.6) is 0 Å². The molecule has 0 aromatic rings. The van der Waals surface area contributed by atoms with Crippen molar-refractivity contribution in [3.05, 3.63) is 0 Å². The van der Waals surface area contributed by atoms with Crippen molar-refractivity contribution in [3.63, 3.8) is 0 Å². The molecule has 0 spiro atoms. The summed E-state index contributed by atoms with van der Waals surface area (Å²) < 4.78 is 0. The average molecular weight is 210 g/mol. The molecule has 1 N–H and O–H groups in total. The van der Waals surface area contributed by atoms with Crippen molar-refractivity contribution in [2.75, 3.05) is 20.6 Å². The summed E-state index contributed by atoms with van der Waals surface area (Å²) in [5, 5.41) is 0. The maximum atomic E-state index is 12.2. The van der Waals surface area contributed by atoms with Gasteiger partial charge < -0.3 is 4.90 Å². The van der Waals surface area contributed by atoms with Crippen LogP contribution in [0.3, 0.4) is 0 Å². The number of ketones is 1. The molecule has 0 aliphatic heterocycles. The predicted octanol–water partition coefficient (Wildman–Crippen LogP) is 0.628. The van der Waals surface area contributed by atoms with Crippen LogP contribution < -0.4 is 4.90 Å². The van der Waals surface area contributed by atoms with Gasteiger partial charge in [0.25, 0.3) is 0 Å². The Kier molecular flexibility index (Phi) is 2.45. The number of nitrogens with one attached hydrogen (secondary N) is 1. The van der Waals surface area contributed by atoms with Crippen molar-refractivity contribution in [1.82, 2.24) is 0 Å². The fraction of sp³-hybridized carbons (Fsp3) is 0.923. The minimum atomic E-state index is 0.339. The van der Waals surface area contributed by atoms with Gasteiger partial charge in [-0.1, -0.05) is 20.8 Å². The zero-order chi connectivity index (χ0) is 11.4. The molecule has 2 saturated carbocycles. The Balaban J connectivity index is 2.21. The molecule has 2 rings (SSSR count). The molecule has 0 aromatic heterocycles. The van der Waals surface area contributed by atoms with E-state index < -0.39 is 0 Å². The number of hydrogen-bond donors (Lipinski definition) is 1. The second-order valence-corrected chi connectivity index (χ2v) is 6.48. The van der Waals surface area contributed by atoms with Gasteiger partial charge >= 0.3 is 0 Å². The fourth-order valence-electron chi connectivity index (χ4n) is 3.84. The van der Waals surface area contributed by atoms with E-state index in [9.17, 15) is 4.79 Å². The molecular weight excluding hydrogens is 186 g/mol. The number of carbonyl (C=O) groups excluding carboxylic acids is 1. The minimum absolute atomic E-state index is 0.339. The van der Waals surface area contributed by atoms with E-state index in [-0.39, 0.29) is 0 Å². The predicted molar refractivity (Wildman–Crippen MR) is 60.7 cm³/mol. The molecule has 0 radical (unpaired) electrons. The van der Waals surface area contributed by atoms with Crippen molar-refractivity contribution in [2.24, 2.45) is 29.1 Å². The normalized spacial score (nSPS) is 42.9. The number of hydrogen-bond acceptors (Lipinski definition) is 1. The van der Waals surface area contributed by atoms with Crippen LogP contribution >= 0.6 is 0 Å². The molecule has 15 heavy (non-hydrogen) atoms. The summed E-state index contributed by atoms with van der Waals surface area (Å²) in [6, 6.07) is 0. The minimum Gasteiger partial charge on any atom is -0.339 e. The first kappa shape index (κ1) is 11.1. The maximum Gasteiger partial charge on any atom is 0.145 e. The number of carbonyl (C=O) groups is 1. The van der Waals surface area contributed by atoms with Gasteiger partial charge in [-0.3, -0.25) is 4.79 Å². The highest BCUT2D eigenvalue weighted by molar-refractivity contribution is 5.87. The third-order valence-electron chi connectivity index (χ3n) is 5.09. The standard InChI is InChI=1S/C13H23NO/c1-8-9-6-11(13(8,2)3)10(12(9)15)7-14(4)5/h8-11H,6-7H2,1-5H3/p+1/t8-,9+,10-,11+/m1/s1. The van der Waals surface area contributed by atoms with E-state index in [4.69, 9.17) is 0 Å². The Morgan fingerprint density at radius 3 is 2.47 bits per heavy atom. The molecule has 0 amide bonds. The van der Waals surface area contributed by atoms with Crippen LogP contribution in [0.1, 0.15) is 27.2 Å². The van der Waals surface area contributed by atoms with Crippen molar-refractivity contribution in [3.8, 4) is 0 Å². The van der Waals surface area contributed by atoms with Crippen LogP contribution in [0.25, 0.3) is 0 Å². The van der Waals surface area contributed by atoms with E-state index in [1.807, 2.05) is 0 Å². The van der Waals surface area contributed by atoms with Crippen molar-refractivity contribution in [1.29, 1.82) is 0 Å². The molecule has 0 unspecified atom stereocenters. The van der Waals surface area contributed by atoms with Gasteiger partial charge in [-0.25, -0.2) is 0 Å². The highest BCUT2D eigenvalue weighted by atomic mass is 16.1. The topological polar surface area (TPSA) is 21.5 Å². The average Bonchev–Trinajstić information content (AvgIpc) is 2.52. The monoisotopic (exact) mass is 210 g/mol. The van der Waals surface area contributed by atoms with E-state index in [2.05, 4.69) is 34.9 Å². The summed E-state index contributed by atoms with van der Waals surface area (Å²) in [5.41, 5.74) is 0.374. The lowest BCUT2D eigenvalue weighted by Gasteiger charge is -2.39. The van der Waals surface area contributed by atoms with Crippen molar-refractivity contribution < 1.29 is 9.69 Å². The Bertz CT molecular complexity index is 282. The Morgan fingerprint density at radius 2 is 2.00 bits per heavy atom. The molecule has 4 atom stereocenters. The number of rotatable bonds is 2. The zero-order valence-electron chi connectivity index (χ0n) is 10.6. The lowest BCUT2D eigenvalue weighted by molar-refractivity contribution is -0.861. The van der Waals surface area contributed by atoms with Crippen LogP contribution in [-0.2, 0) is 4.79 Å². The van der Waals surface area contributed by atoms with Crippen LogP contribution in [0, 0.1) is 29.1 Å². The summed E-state index contributed by atoms with van der Waals surface area (Å²) >= 11 is 0. The van der Waals surface area contributed by atoms with E-state index >= 15 is 0 Å².